The molecule has 1 aliphatic rings. The standard InChI is InChI=1S/C22H21ClO6/c1-13-9-16(6-7-18(13)23)27-12-15-10-14(5-8-19(15)26-4)11-17-20(24)28-22(2,3)29-21(17)25/h5-11H,12H2,1-4H3. The summed E-state index contributed by atoms with van der Waals surface area (Å²) in [6.07, 6.45) is 1.43. The van der Waals surface area contributed by atoms with Gasteiger partial charge in [0, 0.05) is 24.4 Å². The molecule has 3 rings (SSSR count). The molecule has 0 aromatic heterocycles. The van der Waals surface area contributed by atoms with Crippen LogP contribution in [0.1, 0.15) is 30.5 Å². The van der Waals surface area contributed by atoms with Gasteiger partial charge in [0.2, 0.25) is 0 Å². The zero-order chi connectivity index (χ0) is 21.2. The lowest BCUT2D eigenvalue weighted by molar-refractivity contribution is -0.222. The Morgan fingerprint density at radius 1 is 1.07 bits per heavy atom. The van der Waals surface area contributed by atoms with Gasteiger partial charge < -0.3 is 18.9 Å². The van der Waals surface area contributed by atoms with Crippen molar-refractivity contribution < 1.29 is 28.5 Å². The third kappa shape index (κ3) is 4.90. The number of ether oxygens (including phenoxy) is 4. The van der Waals surface area contributed by atoms with E-state index in [1.165, 1.54) is 19.9 Å². The Labute approximate surface area is 174 Å². The Kier molecular flexibility index (Phi) is 5.84. The van der Waals surface area contributed by atoms with Crippen LogP contribution in [0.25, 0.3) is 6.08 Å². The van der Waals surface area contributed by atoms with E-state index < -0.39 is 17.7 Å². The van der Waals surface area contributed by atoms with E-state index in [4.69, 9.17) is 30.5 Å². The molecule has 6 nitrogen and oxygen atoms in total. The SMILES string of the molecule is COc1ccc(C=C2C(=O)OC(C)(C)OC2=O)cc1COc1ccc(Cl)c(C)c1. The molecule has 0 aliphatic carbocycles. The van der Waals surface area contributed by atoms with Crippen LogP contribution in [0.4, 0.5) is 0 Å². The Balaban J connectivity index is 1.84. The predicted octanol–water partition coefficient (Wildman–Crippen LogP) is 4.46. The summed E-state index contributed by atoms with van der Waals surface area (Å²) in [4.78, 5) is 24.3. The average Bonchev–Trinajstić information content (AvgIpc) is 2.65. The summed E-state index contributed by atoms with van der Waals surface area (Å²) >= 11 is 6.04. The number of methoxy groups -OCH3 is 1. The molecular weight excluding hydrogens is 396 g/mol. The van der Waals surface area contributed by atoms with Crippen LogP contribution >= 0.6 is 11.6 Å². The number of benzene rings is 2. The Hall–Kier alpha value is -2.99. The average molecular weight is 417 g/mol. The van der Waals surface area contributed by atoms with Crippen LogP contribution < -0.4 is 9.47 Å². The highest BCUT2D eigenvalue weighted by molar-refractivity contribution is 6.31. The van der Waals surface area contributed by atoms with Crippen LogP contribution in [0, 0.1) is 6.92 Å². The molecular formula is C22H21ClO6. The topological polar surface area (TPSA) is 71.1 Å². The lowest BCUT2D eigenvalue weighted by atomic mass is 10.1. The molecule has 0 saturated carbocycles. The normalized spacial score (nSPS) is 15.4. The fourth-order valence-electron chi connectivity index (χ4n) is 2.81. The van der Waals surface area contributed by atoms with Crippen molar-refractivity contribution in [3.63, 3.8) is 0 Å². The highest BCUT2D eigenvalue weighted by atomic mass is 35.5. The van der Waals surface area contributed by atoms with Crippen LogP contribution in [-0.2, 0) is 25.7 Å². The number of esters is 2. The molecule has 7 heteroatoms. The van der Waals surface area contributed by atoms with Crippen LogP contribution in [0.3, 0.4) is 0 Å². The van der Waals surface area contributed by atoms with Gasteiger partial charge in [0.05, 0.1) is 7.11 Å². The zero-order valence-corrected chi connectivity index (χ0v) is 17.3. The van der Waals surface area contributed by atoms with Crippen molar-refractivity contribution in [3.05, 3.63) is 63.7 Å². The molecule has 0 radical (unpaired) electrons. The van der Waals surface area contributed by atoms with Crippen molar-refractivity contribution >= 4 is 29.6 Å². The molecule has 1 heterocycles. The largest absolute Gasteiger partial charge is 0.496 e. The van der Waals surface area contributed by atoms with E-state index in [1.54, 1.807) is 37.4 Å². The number of hydrogen-bond acceptors (Lipinski definition) is 6. The highest BCUT2D eigenvalue weighted by Crippen LogP contribution is 2.28. The fraction of sp³-hybridized carbons (Fsp3) is 0.273. The van der Waals surface area contributed by atoms with Gasteiger partial charge in [-0.2, -0.15) is 0 Å². The van der Waals surface area contributed by atoms with E-state index in [9.17, 15) is 9.59 Å². The van der Waals surface area contributed by atoms with Crippen molar-refractivity contribution in [2.24, 2.45) is 0 Å². The number of cyclic esters (lactones) is 2. The van der Waals surface area contributed by atoms with Crippen molar-refractivity contribution in [1.82, 2.24) is 0 Å². The van der Waals surface area contributed by atoms with Crippen molar-refractivity contribution in [2.75, 3.05) is 7.11 Å². The molecule has 0 unspecified atom stereocenters. The number of carbonyl (C=O) groups excluding carboxylic acids is 2. The molecule has 0 N–H and O–H groups in total. The van der Waals surface area contributed by atoms with Crippen molar-refractivity contribution in [3.8, 4) is 11.5 Å². The second-order valence-corrected chi connectivity index (χ2v) is 7.42. The van der Waals surface area contributed by atoms with E-state index in [0.717, 1.165) is 11.1 Å². The van der Waals surface area contributed by atoms with Gasteiger partial charge in [-0.15, -0.1) is 0 Å². The summed E-state index contributed by atoms with van der Waals surface area (Å²) in [7, 11) is 1.56. The summed E-state index contributed by atoms with van der Waals surface area (Å²) in [5, 5.41) is 0.665. The van der Waals surface area contributed by atoms with Gasteiger partial charge in [-0.25, -0.2) is 9.59 Å². The van der Waals surface area contributed by atoms with E-state index in [2.05, 4.69) is 0 Å². The third-order valence-electron chi connectivity index (χ3n) is 4.26. The zero-order valence-electron chi connectivity index (χ0n) is 16.6. The molecule has 0 amide bonds. The molecule has 29 heavy (non-hydrogen) atoms. The first kappa shape index (κ1) is 20.7. The van der Waals surface area contributed by atoms with Gasteiger partial charge in [0.25, 0.3) is 5.79 Å². The second-order valence-electron chi connectivity index (χ2n) is 7.01. The first-order valence-electron chi connectivity index (χ1n) is 8.93. The minimum absolute atomic E-state index is 0.172. The van der Waals surface area contributed by atoms with E-state index in [-0.39, 0.29) is 12.2 Å². The van der Waals surface area contributed by atoms with Gasteiger partial charge in [0.15, 0.2) is 0 Å². The molecule has 1 aliphatic heterocycles. The first-order chi connectivity index (χ1) is 13.7. The van der Waals surface area contributed by atoms with Gasteiger partial charge in [-0.3, -0.25) is 0 Å². The molecule has 1 fully saturated rings. The predicted molar refractivity (Wildman–Crippen MR) is 108 cm³/mol. The Morgan fingerprint density at radius 3 is 2.38 bits per heavy atom. The van der Waals surface area contributed by atoms with Crippen LogP contribution in [0.2, 0.25) is 5.02 Å². The van der Waals surface area contributed by atoms with Gasteiger partial charge >= 0.3 is 11.9 Å². The first-order valence-corrected chi connectivity index (χ1v) is 9.30. The molecule has 0 atom stereocenters. The molecule has 0 bridgehead atoms. The van der Waals surface area contributed by atoms with E-state index in [1.807, 2.05) is 13.0 Å². The monoisotopic (exact) mass is 416 g/mol. The summed E-state index contributed by atoms with van der Waals surface area (Å²) in [5.74, 6) is -1.44. The van der Waals surface area contributed by atoms with Crippen LogP contribution in [0.15, 0.2) is 42.0 Å². The number of carbonyl (C=O) groups is 2. The van der Waals surface area contributed by atoms with Gasteiger partial charge in [-0.1, -0.05) is 17.7 Å². The maximum absolute atomic E-state index is 12.2. The summed E-state index contributed by atoms with van der Waals surface area (Å²) in [5.41, 5.74) is 2.09. The Morgan fingerprint density at radius 2 is 1.76 bits per heavy atom. The molecule has 0 spiro atoms. The number of rotatable bonds is 5. The molecule has 2 aromatic carbocycles. The van der Waals surface area contributed by atoms with Gasteiger partial charge in [-0.05, 0) is 54.5 Å². The smallest absolute Gasteiger partial charge is 0.348 e. The summed E-state index contributed by atoms with van der Waals surface area (Å²) in [6, 6.07) is 10.6. The minimum Gasteiger partial charge on any atom is -0.496 e. The summed E-state index contributed by atoms with van der Waals surface area (Å²) < 4.78 is 21.5. The number of aryl methyl sites for hydroxylation is 1. The van der Waals surface area contributed by atoms with E-state index in [0.29, 0.717) is 22.1 Å². The Bertz CT molecular complexity index is 971. The molecule has 1 saturated heterocycles. The van der Waals surface area contributed by atoms with Crippen LogP contribution in [-0.4, -0.2) is 24.8 Å². The quantitative estimate of drug-likeness (QED) is 0.407. The highest BCUT2D eigenvalue weighted by Gasteiger charge is 2.38. The van der Waals surface area contributed by atoms with Crippen molar-refractivity contribution in [1.29, 1.82) is 0 Å². The third-order valence-corrected chi connectivity index (χ3v) is 4.68. The minimum atomic E-state index is -1.28. The number of hydrogen-bond donors (Lipinski definition) is 0. The maximum atomic E-state index is 12.2. The second kappa shape index (κ2) is 8.17. The van der Waals surface area contributed by atoms with Gasteiger partial charge in [0.1, 0.15) is 23.7 Å². The lowest BCUT2D eigenvalue weighted by Crippen LogP contribution is -2.41. The molecule has 2 aromatic rings. The summed E-state index contributed by atoms with van der Waals surface area (Å²) in [6.45, 7) is 5.12. The van der Waals surface area contributed by atoms with Crippen molar-refractivity contribution in [2.45, 2.75) is 33.2 Å². The van der Waals surface area contributed by atoms with E-state index >= 15 is 0 Å². The maximum Gasteiger partial charge on any atom is 0.348 e. The molecule has 152 valence electrons. The van der Waals surface area contributed by atoms with Crippen LogP contribution in [0.5, 0.6) is 11.5 Å². The fourth-order valence-corrected chi connectivity index (χ4v) is 2.93. The number of halogens is 1. The lowest BCUT2D eigenvalue weighted by Gasteiger charge is -2.29.